The monoisotopic (exact) mass is 440 g/mol. The number of nitrogens with zero attached hydrogens (tertiary/aromatic N) is 3. The van der Waals surface area contributed by atoms with Crippen molar-refractivity contribution in [1.82, 2.24) is 4.98 Å². The van der Waals surface area contributed by atoms with E-state index in [9.17, 15) is 25.0 Å². The van der Waals surface area contributed by atoms with Crippen LogP contribution in [0.5, 0.6) is 5.75 Å². The van der Waals surface area contributed by atoms with Crippen LogP contribution in [0, 0.1) is 20.2 Å². The maximum absolute atomic E-state index is 12.5. The highest BCUT2D eigenvalue weighted by Gasteiger charge is 2.21. The van der Waals surface area contributed by atoms with Crippen LogP contribution in [0.3, 0.4) is 0 Å². The number of ether oxygens (including phenoxy) is 1. The van der Waals surface area contributed by atoms with E-state index in [1.807, 2.05) is 6.07 Å². The van der Waals surface area contributed by atoms with E-state index in [1.54, 1.807) is 30.7 Å². The molecule has 0 aliphatic carbocycles. The molecular formula is C19H12N4O7S. The SMILES string of the molecule is COc1ccc2oc(-c3csc(NC(=O)c4cc([N+](=O)[O-])cc([N+](=O)[O-])c4)n3)cc2c1. The lowest BCUT2D eigenvalue weighted by molar-refractivity contribution is -0.394. The summed E-state index contributed by atoms with van der Waals surface area (Å²) >= 11 is 1.11. The van der Waals surface area contributed by atoms with Gasteiger partial charge in [0.2, 0.25) is 0 Å². The fourth-order valence-electron chi connectivity index (χ4n) is 2.83. The second-order valence-corrected chi connectivity index (χ2v) is 7.12. The molecule has 0 atom stereocenters. The lowest BCUT2D eigenvalue weighted by Gasteiger charge is -2.02. The first kappa shape index (κ1) is 20.0. The van der Waals surface area contributed by atoms with Gasteiger partial charge in [-0.1, -0.05) is 0 Å². The number of rotatable bonds is 6. The number of nitrogens with one attached hydrogen (secondary N) is 1. The molecule has 0 bridgehead atoms. The summed E-state index contributed by atoms with van der Waals surface area (Å²) < 4.78 is 11.0. The first-order valence-electron chi connectivity index (χ1n) is 8.63. The van der Waals surface area contributed by atoms with E-state index < -0.39 is 27.1 Å². The van der Waals surface area contributed by atoms with Crippen molar-refractivity contribution in [3.63, 3.8) is 0 Å². The number of nitro benzene ring substituents is 2. The molecule has 0 radical (unpaired) electrons. The van der Waals surface area contributed by atoms with Crippen molar-refractivity contribution in [2.24, 2.45) is 0 Å². The number of methoxy groups -OCH3 is 1. The quantitative estimate of drug-likeness (QED) is 0.336. The lowest BCUT2D eigenvalue weighted by Crippen LogP contribution is -2.12. The molecule has 2 aromatic carbocycles. The Labute approximate surface area is 177 Å². The van der Waals surface area contributed by atoms with Gasteiger partial charge in [-0.2, -0.15) is 0 Å². The number of carbonyl (C=O) groups is 1. The molecule has 0 saturated heterocycles. The summed E-state index contributed by atoms with van der Waals surface area (Å²) in [7, 11) is 1.56. The second kappa shape index (κ2) is 7.84. The molecule has 1 N–H and O–H groups in total. The molecule has 0 unspecified atom stereocenters. The van der Waals surface area contributed by atoms with Gasteiger partial charge in [-0.15, -0.1) is 11.3 Å². The van der Waals surface area contributed by atoms with Crippen LogP contribution in [0.25, 0.3) is 22.4 Å². The number of amides is 1. The molecule has 0 fully saturated rings. The van der Waals surface area contributed by atoms with Gasteiger partial charge >= 0.3 is 0 Å². The molecule has 156 valence electrons. The summed E-state index contributed by atoms with van der Waals surface area (Å²) in [4.78, 5) is 37.2. The third kappa shape index (κ3) is 4.04. The van der Waals surface area contributed by atoms with Gasteiger partial charge in [-0.05, 0) is 24.3 Å². The van der Waals surface area contributed by atoms with Crippen LogP contribution in [0.1, 0.15) is 10.4 Å². The van der Waals surface area contributed by atoms with Crippen LogP contribution in [0.4, 0.5) is 16.5 Å². The van der Waals surface area contributed by atoms with Gasteiger partial charge in [0.05, 0.1) is 28.6 Å². The standard InChI is InChI=1S/C19H12N4O7S/c1-29-14-2-3-16-10(6-14)7-17(30-16)15-9-31-19(20-15)21-18(24)11-4-12(22(25)26)8-13(5-11)23(27)28/h2-9H,1H3,(H,20,21,24). The van der Waals surface area contributed by atoms with Crippen LogP contribution in [0.15, 0.2) is 52.3 Å². The Morgan fingerprint density at radius 2 is 1.81 bits per heavy atom. The molecule has 0 aliphatic rings. The van der Waals surface area contributed by atoms with Gasteiger partial charge in [0.15, 0.2) is 10.9 Å². The maximum atomic E-state index is 12.5. The summed E-state index contributed by atoms with van der Waals surface area (Å²) in [5.74, 6) is 0.394. The number of carbonyl (C=O) groups excluding carboxylic acids is 1. The average Bonchev–Trinajstić information content (AvgIpc) is 3.39. The van der Waals surface area contributed by atoms with E-state index >= 15 is 0 Å². The molecule has 4 aromatic rings. The van der Waals surface area contributed by atoms with E-state index in [4.69, 9.17) is 9.15 Å². The van der Waals surface area contributed by atoms with Gasteiger partial charge in [0.25, 0.3) is 17.3 Å². The Kier molecular flexibility index (Phi) is 5.05. The van der Waals surface area contributed by atoms with Crippen molar-refractivity contribution in [1.29, 1.82) is 0 Å². The van der Waals surface area contributed by atoms with Crippen LogP contribution in [-0.2, 0) is 0 Å². The topological polar surface area (TPSA) is 151 Å². The van der Waals surface area contributed by atoms with Crippen LogP contribution in [0.2, 0.25) is 0 Å². The maximum Gasteiger partial charge on any atom is 0.277 e. The molecule has 11 nitrogen and oxygen atoms in total. The Balaban J connectivity index is 1.58. The minimum atomic E-state index is -0.804. The first-order chi connectivity index (χ1) is 14.8. The van der Waals surface area contributed by atoms with Gasteiger partial charge in [0, 0.05) is 22.9 Å². The number of benzene rings is 2. The number of hydrogen-bond acceptors (Lipinski definition) is 9. The molecule has 31 heavy (non-hydrogen) atoms. The first-order valence-corrected chi connectivity index (χ1v) is 9.51. The zero-order valence-corrected chi connectivity index (χ0v) is 16.5. The van der Waals surface area contributed by atoms with Crippen LogP contribution >= 0.6 is 11.3 Å². The van der Waals surface area contributed by atoms with E-state index in [1.165, 1.54) is 0 Å². The Hall–Kier alpha value is -4.32. The van der Waals surface area contributed by atoms with Crippen molar-refractivity contribution < 1.29 is 23.8 Å². The summed E-state index contributed by atoms with van der Waals surface area (Å²) in [6, 6.07) is 9.83. The number of fused-ring (bicyclic) bond motifs is 1. The molecular weight excluding hydrogens is 428 g/mol. The minimum Gasteiger partial charge on any atom is -0.497 e. The molecule has 0 aliphatic heterocycles. The van der Waals surface area contributed by atoms with Gasteiger partial charge in [-0.25, -0.2) is 4.98 Å². The molecule has 2 aromatic heterocycles. The summed E-state index contributed by atoms with van der Waals surface area (Å²) in [5.41, 5.74) is -0.235. The van der Waals surface area contributed by atoms with Crippen LogP contribution < -0.4 is 10.1 Å². The van der Waals surface area contributed by atoms with Crippen molar-refractivity contribution in [2.75, 3.05) is 12.4 Å². The summed E-state index contributed by atoms with van der Waals surface area (Å²) in [6.07, 6.45) is 0. The molecule has 0 saturated carbocycles. The van der Waals surface area contributed by atoms with Gasteiger partial charge < -0.3 is 9.15 Å². The van der Waals surface area contributed by atoms with Crippen molar-refractivity contribution in [2.45, 2.75) is 0 Å². The van der Waals surface area contributed by atoms with Gasteiger partial charge in [0.1, 0.15) is 17.0 Å². The number of aromatic nitrogens is 1. The smallest absolute Gasteiger partial charge is 0.277 e. The van der Waals surface area contributed by atoms with Crippen molar-refractivity contribution in [3.05, 3.63) is 73.6 Å². The molecule has 4 rings (SSSR count). The molecule has 12 heteroatoms. The van der Waals surface area contributed by atoms with E-state index in [0.29, 0.717) is 22.8 Å². The summed E-state index contributed by atoms with van der Waals surface area (Å²) in [6.45, 7) is 0. The van der Waals surface area contributed by atoms with Crippen molar-refractivity contribution in [3.8, 4) is 17.2 Å². The largest absolute Gasteiger partial charge is 0.497 e. The predicted molar refractivity (Wildman–Crippen MR) is 112 cm³/mol. The Bertz CT molecular complexity index is 1310. The summed E-state index contributed by atoms with van der Waals surface area (Å²) in [5, 5.41) is 27.2. The average molecular weight is 440 g/mol. The highest BCUT2D eigenvalue weighted by atomic mass is 32.1. The van der Waals surface area contributed by atoms with Gasteiger partial charge in [-0.3, -0.25) is 30.3 Å². The third-order valence-electron chi connectivity index (χ3n) is 4.29. The number of furan rings is 1. The normalized spacial score (nSPS) is 10.7. The Morgan fingerprint density at radius 1 is 1.10 bits per heavy atom. The van der Waals surface area contributed by atoms with E-state index in [0.717, 1.165) is 34.9 Å². The zero-order valence-electron chi connectivity index (χ0n) is 15.7. The van der Waals surface area contributed by atoms with E-state index in [-0.39, 0.29) is 10.7 Å². The van der Waals surface area contributed by atoms with Crippen molar-refractivity contribution >= 4 is 44.7 Å². The fraction of sp³-hybridized carbons (Fsp3) is 0.0526. The minimum absolute atomic E-state index is 0.201. The number of hydrogen-bond donors (Lipinski definition) is 1. The number of thiazole rings is 1. The third-order valence-corrected chi connectivity index (χ3v) is 5.04. The van der Waals surface area contributed by atoms with Crippen LogP contribution in [-0.4, -0.2) is 27.8 Å². The number of anilines is 1. The highest BCUT2D eigenvalue weighted by molar-refractivity contribution is 7.14. The predicted octanol–water partition coefficient (Wildman–Crippen LogP) is 4.63. The number of nitro groups is 2. The molecule has 1 amide bonds. The highest BCUT2D eigenvalue weighted by Crippen LogP contribution is 2.32. The number of non-ortho nitro benzene ring substituents is 2. The van der Waals surface area contributed by atoms with E-state index in [2.05, 4.69) is 10.3 Å². The Morgan fingerprint density at radius 3 is 2.45 bits per heavy atom. The molecule has 2 heterocycles. The lowest BCUT2D eigenvalue weighted by atomic mass is 10.1. The second-order valence-electron chi connectivity index (χ2n) is 6.26. The zero-order chi connectivity index (χ0) is 22.1. The molecule has 0 spiro atoms. The fourth-order valence-corrected chi connectivity index (χ4v) is 3.52.